The minimum absolute atomic E-state index is 0.0219. The molecule has 2 rings (SSSR count). The van der Waals surface area contributed by atoms with Crippen LogP contribution in [0.1, 0.15) is 51.3 Å². The van der Waals surface area contributed by atoms with Gasteiger partial charge in [0.2, 0.25) is 5.88 Å². The van der Waals surface area contributed by atoms with Crippen LogP contribution in [0.15, 0.2) is 12.1 Å². The first-order valence-corrected chi connectivity index (χ1v) is 7.96. The van der Waals surface area contributed by atoms with Crippen LogP contribution >= 0.6 is 0 Å². The number of hydrogen-bond acceptors (Lipinski definition) is 4. The lowest BCUT2D eigenvalue weighted by atomic mass is 9.91. The van der Waals surface area contributed by atoms with E-state index >= 15 is 0 Å². The molecule has 4 heteroatoms. The zero-order chi connectivity index (χ0) is 15.3. The Morgan fingerprint density at radius 2 is 1.90 bits per heavy atom. The molecule has 0 spiro atoms. The smallest absolute Gasteiger partial charge is 0.213 e. The van der Waals surface area contributed by atoms with E-state index in [4.69, 9.17) is 4.74 Å². The lowest BCUT2D eigenvalue weighted by Crippen LogP contribution is -2.33. The van der Waals surface area contributed by atoms with Crippen molar-refractivity contribution in [2.45, 2.75) is 52.1 Å². The highest BCUT2D eigenvalue weighted by atomic mass is 16.5. The molecule has 0 atom stereocenters. The van der Waals surface area contributed by atoms with E-state index in [1.165, 1.54) is 32.4 Å². The molecule has 0 amide bonds. The molecule has 1 fully saturated rings. The molecule has 21 heavy (non-hydrogen) atoms. The molecule has 1 aliphatic rings. The fourth-order valence-corrected chi connectivity index (χ4v) is 2.57. The van der Waals surface area contributed by atoms with Gasteiger partial charge in [-0.05, 0) is 37.6 Å². The molecule has 4 nitrogen and oxygen atoms in total. The molecule has 0 unspecified atom stereocenters. The van der Waals surface area contributed by atoms with Crippen molar-refractivity contribution in [1.82, 2.24) is 9.88 Å². The molecule has 1 aromatic rings. The molecule has 1 aliphatic heterocycles. The van der Waals surface area contributed by atoms with Crippen molar-refractivity contribution in [3.05, 3.63) is 23.4 Å². The number of aliphatic hydroxyl groups is 1. The number of ether oxygens (including phenoxy) is 1. The van der Waals surface area contributed by atoms with Crippen molar-refractivity contribution in [3.8, 4) is 5.88 Å². The van der Waals surface area contributed by atoms with Crippen LogP contribution in [0, 0.1) is 0 Å². The third kappa shape index (κ3) is 4.97. The molecule has 0 bridgehead atoms. The van der Waals surface area contributed by atoms with Crippen LogP contribution in [0.4, 0.5) is 0 Å². The van der Waals surface area contributed by atoms with Crippen molar-refractivity contribution in [3.63, 3.8) is 0 Å². The normalized spacial score (nSPS) is 17.0. The van der Waals surface area contributed by atoms with Gasteiger partial charge in [0.1, 0.15) is 6.61 Å². The summed E-state index contributed by atoms with van der Waals surface area (Å²) in [6.45, 7) is 10.4. The SMILES string of the molecule is CC(C)(C)c1cc(CO)cc(OCCN2CCCCC2)n1. The summed E-state index contributed by atoms with van der Waals surface area (Å²) in [7, 11) is 0. The number of aromatic nitrogens is 1. The van der Waals surface area contributed by atoms with Crippen molar-refractivity contribution < 1.29 is 9.84 Å². The highest BCUT2D eigenvalue weighted by molar-refractivity contribution is 5.28. The Morgan fingerprint density at radius 1 is 1.19 bits per heavy atom. The van der Waals surface area contributed by atoms with Crippen LogP contribution in [-0.2, 0) is 12.0 Å². The highest BCUT2D eigenvalue weighted by Gasteiger charge is 2.17. The Morgan fingerprint density at radius 3 is 2.52 bits per heavy atom. The first-order valence-electron chi connectivity index (χ1n) is 7.96. The largest absolute Gasteiger partial charge is 0.476 e. The van der Waals surface area contributed by atoms with Crippen molar-refractivity contribution in [1.29, 1.82) is 0 Å². The fourth-order valence-electron chi connectivity index (χ4n) is 2.57. The van der Waals surface area contributed by atoms with E-state index in [-0.39, 0.29) is 12.0 Å². The van der Waals surface area contributed by atoms with E-state index in [9.17, 15) is 5.11 Å². The fraction of sp³-hybridized carbons (Fsp3) is 0.706. The second-order valence-electron chi connectivity index (χ2n) is 6.86. The maximum atomic E-state index is 9.39. The first kappa shape index (κ1) is 16.2. The third-order valence-electron chi connectivity index (χ3n) is 3.92. The van der Waals surface area contributed by atoms with Crippen LogP contribution in [0.5, 0.6) is 5.88 Å². The molecule has 0 aromatic carbocycles. The van der Waals surface area contributed by atoms with Gasteiger partial charge in [0.05, 0.1) is 12.3 Å². The number of nitrogens with zero attached hydrogens (tertiary/aromatic N) is 2. The van der Waals surface area contributed by atoms with Gasteiger partial charge in [-0.15, -0.1) is 0 Å². The lowest BCUT2D eigenvalue weighted by Gasteiger charge is -2.26. The average molecular weight is 292 g/mol. The zero-order valence-electron chi connectivity index (χ0n) is 13.6. The number of pyridine rings is 1. The van der Waals surface area contributed by atoms with E-state index < -0.39 is 0 Å². The predicted molar refractivity (Wildman–Crippen MR) is 84.6 cm³/mol. The topological polar surface area (TPSA) is 45.6 Å². The van der Waals surface area contributed by atoms with Gasteiger partial charge < -0.3 is 9.84 Å². The van der Waals surface area contributed by atoms with Crippen LogP contribution in [0.2, 0.25) is 0 Å². The van der Waals surface area contributed by atoms with E-state index in [1.54, 1.807) is 0 Å². The van der Waals surface area contributed by atoms with Crippen molar-refractivity contribution in [2.24, 2.45) is 0 Å². The second-order valence-corrected chi connectivity index (χ2v) is 6.86. The van der Waals surface area contributed by atoms with Crippen LogP contribution in [0.3, 0.4) is 0 Å². The van der Waals surface area contributed by atoms with E-state index in [2.05, 4.69) is 30.7 Å². The molecule has 118 valence electrons. The maximum absolute atomic E-state index is 9.39. The summed E-state index contributed by atoms with van der Waals surface area (Å²) < 4.78 is 5.82. The van der Waals surface area contributed by atoms with Crippen LogP contribution in [-0.4, -0.2) is 41.2 Å². The Hall–Kier alpha value is -1.13. The maximum Gasteiger partial charge on any atom is 0.213 e. The van der Waals surface area contributed by atoms with Gasteiger partial charge in [-0.2, -0.15) is 0 Å². The number of rotatable bonds is 5. The third-order valence-corrected chi connectivity index (χ3v) is 3.92. The van der Waals surface area contributed by atoms with Gasteiger partial charge in [0.15, 0.2) is 0 Å². The first-order chi connectivity index (χ1) is 9.99. The molecule has 1 N–H and O–H groups in total. The number of hydrogen-bond donors (Lipinski definition) is 1. The summed E-state index contributed by atoms with van der Waals surface area (Å²) in [5.74, 6) is 0.628. The van der Waals surface area contributed by atoms with Gasteiger partial charge in [0, 0.05) is 18.0 Å². The molecule has 0 radical (unpaired) electrons. The Bertz CT molecular complexity index is 449. The highest BCUT2D eigenvalue weighted by Crippen LogP contribution is 2.24. The molecule has 0 saturated carbocycles. The molecular weight excluding hydrogens is 264 g/mol. The van der Waals surface area contributed by atoms with Crippen molar-refractivity contribution >= 4 is 0 Å². The van der Waals surface area contributed by atoms with Gasteiger partial charge in [-0.25, -0.2) is 4.98 Å². The summed E-state index contributed by atoms with van der Waals surface area (Å²) in [5, 5.41) is 9.39. The second kappa shape index (κ2) is 7.23. The number of aliphatic hydroxyl groups excluding tert-OH is 1. The quantitative estimate of drug-likeness (QED) is 0.906. The standard InChI is InChI=1S/C17H28N2O2/c1-17(2,3)15-11-14(13-20)12-16(18-15)21-10-9-19-7-5-4-6-8-19/h11-12,20H,4-10,13H2,1-3H3. The van der Waals surface area contributed by atoms with Crippen molar-refractivity contribution in [2.75, 3.05) is 26.2 Å². The molecule has 1 aromatic heterocycles. The minimum Gasteiger partial charge on any atom is -0.476 e. The van der Waals surface area contributed by atoms with Gasteiger partial charge in [-0.1, -0.05) is 27.2 Å². The van der Waals surface area contributed by atoms with Gasteiger partial charge in [-0.3, -0.25) is 4.90 Å². The predicted octanol–water partition coefficient (Wildman–Crippen LogP) is 2.74. The summed E-state index contributed by atoms with van der Waals surface area (Å²) in [6, 6.07) is 3.79. The van der Waals surface area contributed by atoms with E-state index in [0.717, 1.165) is 17.8 Å². The summed E-state index contributed by atoms with van der Waals surface area (Å²) in [6.07, 6.45) is 3.95. The van der Waals surface area contributed by atoms with Gasteiger partial charge in [0.25, 0.3) is 0 Å². The number of likely N-dealkylation sites (tertiary alicyclic amines) is 1. The Labute approximate surface area is 128 Å². The zero-order valence-corrected chi connectivity index (χ0v) is 13.6. The average Bonchev–Trinajstić information content (AvgIpc) is 2.47. The van der Waals surface area contributed by atoms with E-state index in [0.29, 0.717) is 12.5 Å². The molecule has 0 aliphatic carbocycles. The molecule has 2 heterocycles. The van der Waals surface area contributed by atoms with Gasteiger partial charge >= 0.3 is 0 Å². The Kier molecular flexibility index (Phi) is 5.59. The summed E-state index contributed by atoms with van der Waals surface area (Å²) >= 11 is 0. The monoisotopic (exact) mass is 292 g/mol. The van der Waals surface area contributed by atoms with Crippen LogP contribution in [0.25, 0.3) is 0 Å². The number of piperidine rings is 1. The summed E-state index contributed by atoms with van der Waals surface area (Å²) in [5.41, 5.74) is 1.78. The van der Waals surface area contributed by atoms with Crippen LogP contribution < -0.4 is 4.74 Å². The van der Waals surface area contributed by atoms with E-state index in [1.807, 2.05) is 12.1 Å². The molecule has 1 saturated heterocycles. The molecular formula is C17H28N2O2. The Balaban J connectivity index is 1.95. The lowest BCUT2D eigenvalue weighted by molar-refractivity contribution is 0.180. The minimum atomic E-state index is -0.0455. The summed E-state index contributed by atoms with van der Waals surface area (Å²) in [4.78, 5) is 7.03.